The number of aliphatic carboxylic acids is 4. The highest BCUT2D eigenvalue weighted by atomic mass is 32.1. The molecule has 1 aromatic carbocycles. The Morgan fingerprint density at radius 3 is 1.52 bits per heavy atom. The number of aliphatic hydroxyl groups is 11. The number of hydrogen-bond acceptors (Lipinski definition) is 29. The molecule has 41 heteroatoms. The van der Waals surface area contributed by atoms with Gasteiger partial charge in [0.25, 0.3) is 11.5 Å². The van der Waals surface area contributed by atoms with Crippen molar-refractivity contribution < 1.29 is 129 Å². The van der Waals surface area contributed by atoms with Crippen molar-refractivity contribution in [2.75, 3.05) is 36.6 Å². The van der Waals surface area contributed by atoms with Crippen molar-refractivity contribution in [3.05, 3.63) is 52.1 Å². The number of carbonyl (C=O) groups is 11. The van der Waals surface area contributed by atoms with Crippen LogP contribution in [0.4, 0.5) is 11.6 Å². The maximum atomic E-state index is 13.9. The van der Waals surface area contributed by atoms with Gasteiger partial charge in [-0.1, -0.05) is 0 Å². The van der Waals surface area contributed by atoms with E-state index in [2.05, 4.69) is 43.2 Å². The van der Waals surface area contributed by atoms with Gasteiger partial charge in [0.15, 0.2) is 11.2 Å². The van der Waals surface area contributed by atoms with Gasteiger partial charge in [0.05, 0.1) is 57.2 Å². The Bertz CT molecular complexity index is 3060. The van der Waals surface area contributed by atoms with Crippen molar-refractivity contribution in [2.24, 2.45) is 0 Å². The number of rotatable bonds is 38. The molecule has 0 radical (unpaired) electrons. The van der Waals surface area contributed by atoms with Gasteiger partial charge in [-0.05, 0) is 30.7 Å². The number of hydrogen-bond donors (Lipinski definition) is 26. The molecular weight excluding hydrogens is 1220 g/mol. The summed E-state index contributed by atoms with van der Waals surface area (Å²) < 4.78 is 0. The molecule has 2 aromatic heterocycles. The molecule has 3 aromatic rings. The first-order valence-electron chi connectivity index (χ1n) is 26.0. The van der Waals surface area contributed by atoms with Gasteiger partial charge in [-0.3, -0.25) is 52.9 Å². The summed E-state index contributed by atoms with van der Waals surface area (Å²) in [6, 6.07) is -10.9. The number of carbonyl (C=O) groups excluding carboxylic acids is 7. The third-order valence-electron chi connectivity index (χ3n) is 12.7. The summed E-state index contributed by atoms with van der Waals surface area (Å²) in [5.74, 6) is -19.2. The molecular formula is C48H67N13O27S. The Morgan fingerprint density at radius 1 is 0.551 bits per heavy atom. The number of carboxylic acid groups (broad SMARTS) is 4. The number of fused-ring (bicyclic) bond motifs is 1. The van der Waals surface area contributed by atoms with Crippen LogP contribution < -0.4 is 53.8 Å². The lowest BCUT2D eigenvalue weighted by atomic mass is 9.99. The molecule has 0 spiro atoms. The number of anilines is 2. The molecule has 7 amide bonds. The van der Waals surface area contributed by atoms with Crippen molar-refractivity contribution in [1.29, 1.82) is 0 Å². The number of nitrogen functional groups attached to an aromatic ring is 1. The molecule has 0 aliphatic heterocycles. The molecule has 2 heterocycles. The number of thiol groups is 1. The smallest absolute Gasteiger partial charge is 0.327 e. The fourth-order valence-electron chi connectivity index (χ4n) is 7.71. The second kappa shape index (κ2) is 35.2. The summed E-state index contributed by atoms with van der Waals surface area (Å²) in [6.45, 7) is -3.81. The fraction of sp³-hybridized carbons (Fsp3) is 0.521. The van der Waals surface area contributed by atoms with E-state index in [-0.39, 0.29) is 29.2 Å². The van der Waals surface area contributed by atoms with E-state index in [1.165, 1.54) is 30.5 Å². The van der Waals surface area contributed by atoms with E-state index >= 15 is 0 Å². The number of nitrogens with two attached hydrogens (primary N) is 1. The van der Waals surface area contributed by atoms with Crippen LogP contribution in [0.1, 0.15) is 48.2 Å². The predicted molar refractivity (Wildman–Crippen MR) is 296 cm³/mol. The molecule has 26 N–H and O–H groups in total. The minimum Gasteiger partial charge on any atom is -0.481 e. The first kappa shape index (κ1) is 74.4. The number of nitrogens with zero attached hydrogens (tertiary/aromatic N) is 3. The van der Waals surface area contributed by atoms with Gasteiger partial charge in [0, 0.05) is 29.8 Å². The fourth-order valence-corrected chi connectivity index (χ4v) is 7.96. The third kappa shape index (κ3) is 22.7. The van der Waals surface area contributed by atoms with Crippen molar-refractivity contribution in [3.63, 3.8) is 0 Å². The molecule has 15 atom stereocenters. The Kier molecular flexibility index (Phi) is 29.4. The lowest BCUT2D eigenvalue weighted by Crippen LogP contribution is -2.64. The molecule has 0 fully saturated rings. The molecule has 0 aliphatic carbocycles. The second-order valence-electron chi connectivity index (χ2n) is 19.3. The number of aliphatic hydroxyl groups excluding tert-OH is 11. The van der Waals surface area contributed by atoms with Crippen LogP contribution in [-0.4, -0.2) is 278 Å². The molecule has 0 saturated carbocycles. The van der Waals surface area contributed by atoms with E-state index in [0.29, 0.717) is 11.4 Å². The number of amides is 7. The van der Waals surface area contributed by atoms with Crippen LogP contribution in [-0.2, 0) is 54.5 Å². The Balaban J connectivity index is 1.88. The minimum atomic E-state index is -2.70. The third-order valence-corrected chi connectivity index (χ3v) is 13.0. The standard InChI is InChI=1S/C48H67N13O27S/c49-48-60-38-33(45(84)61-48)52-18(11-51-38)10-50-17-3-1-16(2-4-17)39(78)53-19(46(85)86)5-6-28(69)58-31(36(76)34(74)26(67)13-63)43(82)56-21(8-29(70)71)41(80)54-20(7-24(65)25(66)12-62)40(79)55-22(9-30(72)73)42(81)59-32(37(77)35(75)27(68)14-64)44(83)57-23(15-89)47(87)88/h1-4,11,19-27,31-32,34-37,50,62-68,74-77,89H,5-10,12-15H2,(H,53,78)(H,54,80)(H,55,79)(H,56,82)(H,57,83)(H,58,69)(H,59,81)(H,70,71)(H,72,73)(H,85,86)(H,87,88)(H3,49,51,60,61,84)/t19-,20?,21-,22-,23+,24-,25+,26+,27+,31?,32?,34+,35+,36?,37?/m0/s1. The normalized spacial score (nSPS) is 16.4. The average molecular weight is 1290 g/mol. The maximum absolute atomic E-state index is 13.9. The number of benzene rings is 1. The quantitative estimate of drug-likeness (QED) is 0.0237. The van der Waals surface area contributed by atoms with E-state index in [1.54, 1.807) is 16.0 Å². The molecule has 3 rings (SSSR count). The minimum absolute atomic E-state index is 0.00168. The summed E-state index contributed by atoms with van der Waals surface area (Å²) in [7, 11) is 0. The number of nitrogens with one attached hydrogen (secondary N) is 9. The van der Waals surface area contributed by atoms with Crippen LogP contribution in [0.25, 0.3) is 11.2 Å². The van der Waals surface area contributed by atoms with Gasteiger partial charge >= 0.3 is 23.9 Å². The predicted octanol–water partition coefficient (Wildman–Crippen LogP) is -12.0. The molecule has 0 aliphatic rings. The number of H-pyrrole nitrogens is 1. The first-order valence-corrected chi connectivity index (χ1v) is 26.6. The Hall–Kier alpha value is -8.88. The lowest BCUT2D eigenvalue weighted by Gasteiger charge is -2.31. The van der Waals surface area contributed by atoms with Crippen LogP contribution in [0.5, 0.6) is 0 Å². The second-order valence-corrected chi connectivity index (χ2v) is 19.7. The van der Waals surface area contributed by atoms with Crippen molar-refractivity contribution >= 4 is 101 Å². The van der Waals surface area contributed by atoms with Crippen LogP contribution in [0, 0.1) is 0 Å². The molecule has 492 valence electrons. The van der Waals surface area contributed by atoms with Crippen LogP contribution >= 0.6 is 12.6 Å². The van der Waals surface area contributed by atoms with E-state index < -0.39 is 220 Å². The zero-order chi connectivity index (χ0) is 67.1. The van der Waals surface area contributed by atoms with Gasteiger partial charge < -0.3 is 125 Å². The summed E-state index contributed by atoms with van der Waals surface area (Å²) in [5.41, 5.74) is 5.40. The average Bonchev–Trinajstić information content (AvgIpc) is 2.47. The monoisotopic (exact) mass is 1290 g/mol. The van der Waals surface area contributed by atoms with Gasteiger partial charge in [0.1, 0.15) is 85.0 Å². The zero-order valence-electron chi connectivity index (χ0n) is 46.1. The first-order chi connectivity index (χ1) is 41.8. The molecule has 0 saturated heterocycles. The van der Waals surface area contributed by atoms with E-state index in [0.717, 1.165) is 0 Å². The largest absolute Gasteiger partial charge is 0.481 e. The highest BCUT2D eigenvalue weighted by Crippen LogP contribution is 2.15. The van der Waals surface area contributed by atoms with Gasteiger partial charge in [-0.15, -0.1) is 0 Å². The van der Waals surface area contributed by atoms with Crippen molar-refractivity contribution in [2.45, 2.75) is 130 Å². The van der Waals surface area contributed by atoms with Crippen molar-refractivity contribution in [3.8, 4) is 0 Å². The molecule has 40 nitrogen and oxygen atoms in total. The Labute approximate surface area is 504 Å². The van der Waals surface area contributed by atoms with Gasteiger partial charge in [-0.25, -0.2) is 19.6 Å². The van der Waals surface area contributed by atoms with Crippen molar-refractivity contribution in [1.82, 2.24) is 57.2 Å². The molecule has 0 bridgehead atoms. The maximum Gasteiger partial charge on any atom is 0.327 e. The van der Waals surface area contributed by atoms with Crippen LogP contribution in [0.3, 0.4) is 0 Å². The number of carboxylic acids is 4. The highest BCUT2D eigenvalue weighted by molar-refractivity contribution is 7.80. The highest BCUT2D eigenvalue weighted by Gasteiger charge is 2.42. The SMILES string of the molecule is Nc1nc2ncc(CNc3ccc(C(=O)N[C@@H](CCC(=O)NC(C(=O)N[C@@H](CC(=O)O)C(=O)NC(C[C@H](O)[C@H](O)CO)C(=O)N[C@@H](CC(=O)O)C(=O)NC(C(=O)N[C@H](CS)C(=O)O)C(O)[C@H](O)[C@H](O)CO)C(O)[C@H](O)[C@H](O)CO)C(=O)O)cc3)nc2c(=O)[nH]1. The van der Waals surface area contributed by atoms with E-state index in [1.807, 2.05) is 16.0 Å². The van der Waals surface area contributed by atoms with E-state index in [9.17, 15) is 134 Å². The summed E-state index contributed by atoms with van der Waals surface area (Å²) in [4.78, 5) is 170. The molecule has 89 heavy (non-hydrogen) atoms. The topological polar surface area (TPSA) is 685 Å². The summed E-state index contributed by atoms with van der Waals surface area (Å²) in [5, 5.41) is 167. The van der Waals surface area contributed by atoms with Gasteiger partial charge in [0.2, 0.25) is 41.4 Å². The van der Waals surface area contributed by atoms with Crippen LogP contribution in [0.2, 0.25) is 0 Å². The zero-order valence-corrected chi connectivity index (χ0v) is 47.0. The molecule has 5 unspecified atom stereocenters. The van der Waals surface area contributed by atoms with E-state index in [4.69, 9.17) is 5.73 Å². The number of aromatic amines is 1. The summed E-state index contributed by atoms with van der Waals surface area (Å²) in [6.07, 6.45) is -24.0. The lowest BCUT2D eigenvalue weighted by molar-refractivity contribution is -0.146. The van der Waals surface area contributed by atoms with Crippen LogP contribution in [0.15, 0.2) is 35.3 Å². The summed E-state index contributed by atoms with van der Waals surface area (Å²) >= 11 is 3.75. The van der Waals surface area contributed by atoms with Gasteiger partial charge in [-0.2, -0.15) is 17.6 Å². The Morgan fingerprint density at radius 2 is 1.02 bits per heavy atom. The number of aromatic nitrogens is 4.